The van der Waals surface area contributed by atoms with Crippen molar-refractivity contribution in [2.45, 2.75) is 19.3 Å². The molecule has 2 aliphatic rings. The van der Waals surface area contributed by atoms with Crippen molar-refractivity contribution in [1.29, 1.82) is 0 Å². The second-order valence-corrected chi connectivity index (χ2v) is 6.86. The lowest BCUT2D eigenvalue weighted by molar-refractivity contribution is 0.100. The minimum Gasteiger partial charge on any atom is -0.366 e. The molecule has 0 aliphatic carbocycles. The van der Waals surface area contributed by atoms with Gasteiger partial charge in [0, 0.05) is 30.4 Å². The van der Waals surface area contributed by atoms with Gasteiger partial charge in [-0.2, -0.15) is 0 Å². The first kappa shape index (κ1) is 19.8. The number of anilines is 1. The van der Waals surface area contributed by atoms with Gasteiger partial charge in [0.15, 0.2) is 0 Å². The van der Waals surface area contributed by atoms with Crippen LogP contribution in [0, 0.1) is 5.41 Å². The van der Waals surface area contributed by atoms with E-state index in [4.69, 9.17) is 10.7 Å². The molecule has 0 radical (unpaired) electrons. The zero-order valence-corrected chi connectivity index (χ0v) is 15.7. The van der Waals surface area contributed by atoms with Gasteiger partial charge in [0.2, 0.25) is 5.91 Å². The Morgan fingerprint density at radius 2 is 2.04 bits per heavy atom. The SMILES string of the molecule is Cl.Cl.NC(=O)c1cc(N2CCCC3(CCNC3)C2)nc2ccccc12. The van der Waals surface area contributed by atoms with Crippen molar-refractivity contribution >= 4 is 47.4 Å². The van der Waals surface area contributed by atoms with E-state index >= 15 is 0 Å². The number of primary amides is 1. The number of halogens is 2. The lowest BCUT2D eigenvalue weighted by atomic mass is 9.79. The highest BCUT2D eigenvalue weighted by molar-refractivity contribution is 6.06. The Bertz CT molecular complexity index is 762. The van der Waals surface area contributed by atoms with Crippen LogP contribution in [0.4, 0.5) is 5.82 Å². The maximum absolute atomic E-state index is 11.9. The first-order valence-electron chi connectivity index (χ1n) is 8.32. The number of aromatic nitrogens is 1. The van der Waals surface area contributed by atoms with E-state index in [2.05, 4.69) is 10.2 Å². The van der Waals surface area contributed by atoms with Gasteiger partial charge in [0.05, 0.1) is 11.1 Å². The van der Waals surface area contributed by atoms with Crippen molar-refractivity contribution in [3.63, 3.8) is 0 Å². The number of nitrogens with one attached hydrogen (secondary N) is 1. The molecule has 0 bridgehead atoms. The number of para-hydroxylation sites is 1. The molecule has 2 aliphatic heterocycles. The van der Waals surface area contributed by atoms with Gasteiger partial charge in [-0.05, 0) is 37.9 Å². The fraction of sp³-hybridized carbons (Fsp3) is 0.444. The number of carbonyl (C=O) groups is 1. The first-order valence-corrected chi connectivity index (χ1v) is 8.32. The summed E-state index contributed by atoms with van der Waals surface area (Å²) in [6, 6.07) is 9.58. The quantitative estimate of drug-likeness (QED) is 0.837. The maximum atomic E-state index is 11.9. The summed E-state index contributed by atoms with van der Waals surface area (Å²) in [4.78, 5) is 19.0. The van der Waals surface area contributed by atoms with Crippen molar-refractivity contribution in [1.82, 2.24) is 10.3 Å². The maximum Gasteiger partial charge on any atom is 0.249 e. The molecule has 7 heteroatoms. The largest absolute Gasteiger partial charge is 0.366 e. The summed E-state index contributed by atoms with van der Waals surface area (Å²) in [6.07, 6.45) is 3.66. The zero-order valence-electron chi connectivity index (χ0n) is 14.0. The van der Waals surface area contributed by atoms with Gasteiger partial charge < -0.3 is 16.0 Å². The molecule has 0 saturated carbocycles. The van der Waals surface area contributed by atoms with Gasteiger partial charge in [0.1, 0.15) is 5.82 Å². The first-order chi connectivity index (χ1) is 11.2. The third-order valence-electron chi connectivity index (χ3n) is 5.29. The molecule has 25 heavy (non-hydrogen) atoms. The number of pyridine rings is 1. The lowest BCUT2D eigenvalue weighted by Crippen LogP contribution is -2.45. The topological polar surface area (TPSA) is 71.2 Å². The Kier molecular flexibility index (Phi) is 6.14. The number of hydrogen-bond donors (Lipinski definition) is 2. The Morgan fingerprint density at radius 3 is 2.76 bits per heavy atom. The second-order valence-electron chi connectivity index (χ2n) is 6.86. The van der Waals surface area contributed by atoms with Crippen molar-refractivity contribution in [2.75, 3.05) is 31.1 Å². The summed E-state index contributed by atoms with van der Waals surface area (Å²) in [5, 5.41) is 4.32. The molecule has 2 aromatic rings. The van der Waals surface area contributed by atoms with Crippen LogP contribution in [0.25, 0.3) is 10.9 Å². The average Bonchev–Trinajstić information content (AvgIpc) is 3.01. The third-order valence-corrected chi connectivity index (χ3v) is 5.29. The fourth-order valence-electron chi connectivity index (χ4n) is 4.07. The second kappa shape index (κ2) is 7.77. The summed E-state index contributed by atoms with van der Waals surface area (Å²) in [7, 11) is 0. The third kappa shape index (κ3) is 3.68. The normalized spacial score (nSPS) is 22.5. The van der Waals surface area contributed by atoms with Crippen LogP contribution in [-0.2, 0) is 0 Å². The lowest BCUT2D eigenvalue weighted by Gasteiger charge is -2.40. The van der Waals surface area contributed by atoms with Crippen LogP contribution < -0.4 is 16.0 Å². The highest BCUT2D eigenvalue weighted by Gasteiger charge is 2.38. The van der Waals surface area contributed by atoms with Gasteiger partial charge in [-0.1, -0.05) is 18.2 Å². The minimum absolute atomic E-state index is 0. The number of fused-ring (bicyclic) bond motifs is 1. The van der Waals surface area contributed by atoms with Gasteiger partial charge >= 0.3 is 0 Å². The number of hydrogen-bond acceptors (Lipinski definition) is 4. The Balaban J connectivity index is 0.00000113. The summed E-state index contributed by atoms with van der Waals surface area (Å²) in [5.41, 5.74) is 7.36. The molecule has 1 aromatic carbocycles. The molecule has 3 heterocycles. The average molecular weight is 383 g/mol. The number of piperidine rings is 1. The van der Waals surface area contributed by atoms with E-state index < -0.39 is 0 Å². The Morgan fingerprint density at radius 1 is 1.24 bits per heavy atom. The van der Waals surface area contributed by atoms with Gasteiger partial charge in [-0.25, -0.2) is 4.98 Å². The number of rotatable bonds is 2. The molecule has 2 saturated heterocycles. The van der Waals surface area contributed by atoms with Crippen LogP contribution in [0.15, 0.2) is 30.3 Å². The van der Waals surface area contributed by atoms with Crippen molar-refractivity contribution in [3.8, 4) is 0 Å². The molecule has 136 valence electrons. The molecule has 3 N–H and O–H groups in total. The van der Waals surface area contributed by atoms with Crippen LogP contribution in [0.1, 0.15) is 29.6 Å². The fourth-order valence-corrected chi connectivity index (χ4v) is 4.07. The molecule has 1 aromatic heterocycles. The smallest absolute Gasteiger partial charge is 0.249 e. The van der Waals surface area contributed by atoms with E-state index in [0.29, 0.717) is 11.0 Å². The molecule has 1 spiro atoms. The van der Waals surface area contributed by atoms with E-state index in [-0.39, 0.29) is 30.7 Å². The number of nitrogens with two attached hydrogens (primary N) is 1. The Hall–Kier alpha value is -1.56. The number of nitrogens with zero attached hydrogens (tertiary/aromatic N) is 2. The molecule has 1 amide bonds. The summed E-state index contributed by atoms with van der Waals surface area (Å²) in [5.74, 6) is 0.489. The van der Waals surface area contributed by atoms with E-state index in [1.54, 1.807) is 0 Å². The predicted octanol–water partition coefficient (Wildman–Crippen LogP) is 2.76. The van der Waals surface area contributed by atoms with Crippen molar-refractivity contribution in [3.05, 3.63) is 35.9 Å². The van der Waals surface area contributed by atoms with Crippen molar-refractivity contribution in [2.24, 2.45) is 11.1 Å². The summed E-state index contributed by atoms with van der Waals surface area (Å²) in [6.45, 7) is 4.18. The van der Waals surface area contributed by atoms with Crippen LogP contribution in [0.5, 0.6) is 0 Å². The van der Waals surface area contributed by atoms with Crippen LogP contribution in [0.3, 0.4) is 0 Å². The Labute approximate surface area is 160 Å². The monoisotopic (exact) mass is 382 g/mol. The van der Waals surface area contributed by atoms with E-state index in [1.165, 1.54) is 19.3 Å². The highest BCUT2D eigenvalue weighted by Crippen LogP contribution is 2.37. The van der Waals surface area contributed by atoms with Gasteiger partial charge in [-0.15, -0.1) is 24.8 Å². The van der Waals surface area contributed by atoms with Crippen LogP contribution >= 0.6 is 24.8 Å². The summed E-state index contributed by atoms with van der Waals surface area (Å²) >= 11 is 0. The molecular weight excluding hydrogens is 359 g/mol. The van der Waals surface area contributed by atoms with Gasteiger partial charge in [-0.3, -0.25) is 4.79 Å². The molecule has 1 atom stereocenters. The molecule has 4 rings (SSSR count). The number of amides is 1. The van der Waals surface area contributed by atoms with E-state index in [9.17, 15) is 4.79 Å². The molecule has 5 nitrogen and oxygen atoms in total. The number of carbonyl (C=O) groups excluding carboxylic acids is 1. The van der Waals surface area contributed by atoms with E-state index in [0.717, 1.165) is 42.9 Å². The summed E-state index contributed by atoms with van der Waals surface area (Å²) < 4.78 is 0. The van der Waals surface area contributed by atoms with Crippen molar-refractivity contribution < 1.29 is 4.79 Å². The van der Waals surface area contributed by atoms with Gasteiger partial charge in [0.25, 0.3) is 0 Å². The molecular formula is C18H24Cl2N4O. The standard InChI is InChI=1S/C18H22N4O.2ClH/c19-17(23)14-10-16(21-15-5-2-1-4-13(14)15)22-9-3-6-18(12-22)7-8-20-11-18;;/h1-2,4-5,10,20H,3,6-9,11-12H2,(H2,19,23);2*1H. The number of benzene rings is 1. The zero-order chi connectivity index (χ0) is 15.9. The molecule has 2 fully saturated rings. The van der Waals surface area contributed by atoms with E-state index in [1.807, 2.05) is 30.3 Å². The van der Waals surface area contributed by atoms with Crippen LogP contribution in [-0.4, -0.2) is 37.1 Å². The minimum atomic E-state index is -0.390. The predicted molar refractivity (Wildman–Crippen MR) is 106 cm³/mol. The molecule has 1 unspecified atom stereocenters. The highest BCUT2D eigenvalue weighted by atomic mass is 35.5. The van der Waals surface area contributed by atoms with Crippen LogP contribution in [0.2, 0.25) is 0 Å².